The predicted octanol–water partition coefficient (Wildman–Crippen LogP) is 1.95. The van der Waals surface area contributed by atoms with E-state index in [1.54, 1.807) is 4.90 Å². The van der Waals surface area contributed by atoms with Crippen LogP contribution in [0.25, 0.3) is 0 Å². The van der Waals surface area contributed by atoms with Crippen LogP contribution in [-0.4, -0.2) is 24.4 Å². The molecule has 0 bridgehead atoms. The first-order valence-corrected chi connectivity index (χ1v) is 6.73. The van der Waals surface area contributed by atoms with Crippen LogP contribution in [-0.2, 0) is 9.59 Å². The van der Waals surface area contributed by atoms with E-state index in [-0.39, 0.29) is 17.9 Å². The smallest absolute Gasteiger partial charge is 0.249 e. The first-order chi connectivity index (χ1) is 9.08. The fourth-order valence-electron chi connectivity index (χ4n) is 2.30. The molecule has 2 rings (SSSR count). The van der Waals surface area contributed by atoms with Crippen molar-refractivity contribution in [2.45, 2.75) is 32.7 Å². The van der Waals surface area contributed by atoms with Gasteiger partial charge >= 0.3 is 0 Å². The Morgan fingerprint density at radius 2 is 2.05 bits per heavy atom. The highest BCUT2D eigenvalue weighted by atomic mass is 16.2. The number of nitrogens with one attached hydrogen (secondary N) is 1. The summed E-state index contributed by atoms with van der Waals surface area (Å²) in [4.78, 5) is 25.7. The molecule has 1 aromatic rings. The maximum Gasteiger partial charge on any atom is 0.249 e. The molecule has 0 radical (unpaired) electrons. The summed E-state index contributed by atoms with van der Waals surface area (Å²) in [6.07, 6.45) is 1.15. The molecule has 19 heavy (non-hydrogen) atoms. The molecule has 1 fully saturated rings. The average Bonchev–Trinajstić information content (AvgIpc) is 2.71. The number of benzene rings is 1. The zero-order chi connectivity index (χ0) is 13.8. The molecule has 1 N–H and O–H groups in total. The molecular formula is C15H20N2O2. The summed E-state index contributed by atoms with van der Waals surface area (Å²) in [5.41, 5.74) is 0.896. The molecule has 0 spiro atoms. The molecule has 2 amide bonds. The summed E-state index contributed by atoms with van der Waals surface area (Å²) in [5, 5.41) is 2.83. The van der Waals surface area contributed by atoms with Crippen LogP contribution in [0.2, 0.25) is 0 Å². The van der Waals surface area contributed by atoms with Gasteiger partial charge in [-0.2, -0.15) is 0 Å². The number of rotatable bonds is 4. The Kier molecular flexibility index (Phi) is 4.20. The molecule has 1 aliphatic heterocycles. The number of nitrogens with zero attached hydrogens (tertiary/aromatic N) is 1. The standard InChI is InChI=1S/C15H20N2O2/c1-11(2)10-14(18)16-13-8-9-17(15(13)19)12-6-4-3-5-7-12/h3-7,11,13H,8-10H2,1-2H3,(H,16,18). The van der Waals surface area contributed by atoms with Crippen molar-refractivity contribution in [3.63, 3.8) is 0 Å². The average molecular weight is 260 g/mol. The van der Waals surface area contributed by atoms with Crippen molar-refractivity contribution >= 4 is 17.5 Å². The van der Waals surface area contributed by atoms with Gasteiger partial charge in [0.05, 0.1) is 0 Å². The molecule has 102 valence electrons. The third kappa shape index (κ3) is 3.34. The second-order valence-electron chi connectivity index (χ2n) is 5.33. The maximum atomic E-state index is 12.2. The van der Waals surface area contributed by atoms with E-state index in [4.69, 9.17) is 0 Å². The van der Waals surface area contributed by atoms with Crippen LogP contribution in [0.5, 0.6) is 0 Å². The Morgan fingerprint density at radius 1 is 1.37 bits per heavy atom. The van der Waals surface area contributed by atoms with Crippen LogP contribution < -0.4 is 10.2 Å². The van der Waals surface area contributed by atoms with Crippen molar-refractivity contribution in [3.8, 4) is 0 Å². The summed E-state index contributed by atoms with van der Waals surface area (Å²) in [6.45, 7) is 4.65. The number of hydrogen-bond acceptors (Lipinski definition) is 2. The number of para-hydroxylation sites is 1. The van der Waals surface area contributed by atoms with Crippen molar-refractivity contribution in [1.29, 1.82) is 0 Å². The summed E-state index contributed by atoms with van der Waals surface area (Å²) < 4.78 is 0. The van der Waals surface area contributed by atoms with E-state index in [1.807, 2.05) is 44.2 Å². The van der Waals surface area contributed by atoms with Gasteiger partial charge in [-0.05, 0) is 24.5 Å². The van der Waals surface area contributed by atoms with Crippen LogP contribution in [0.15, 0.2) is 30.3 Å². The number of carbonyl (C=O) groups is 2. The Hall–Kier alpha value is -1.84. The van der Waals surface area contributed by atoms with E-state index < -0.39 is 0 Å². The maximum absolute atomic E-state index is 12.2. The van der Waals surface area contributed by atoms with Gasteiger partial charge in [-0.15, -0.1) is 0 Å². The van der Waals surface area contributed by atoms with Gasteiger partial charge in [0.2, 0.25) is 11.8 Å². The van der Waals surface area contributed by atoms with E-state index >= 15 is 0 Å². The molecule has 4 heteroatoms. The minimum Gasteiger partial charge on any atom is -0.344 e. The minimum absolute atomic E-state index is 0.0108. The lowest BCUT2D eigenvalue weighted by Crippen LogP contribution is -2.41. The molecule has 1 atom stereocenters. The third-order valence-corrected chi connectivity index (χ3v) is 3.20. The number of anilines is 1. The van der Waals surface area contributed by atoms with Gasteiger partial charge in [0.15, 0.2) is 0 Å². The summed E-state index contributed by atoms with van der Waals surface area (Å²) in [5.74, 6) is 0.258. The van der Waals surface area contributed by atoms with Crippen LogP contribution in [0, 0.1) is 5.92 Å². The Bertz CT molecular complexity index is 456. The van der Waals surface area contributed by atoms with Crippen molar-refractivity contribution in [2.24, 2.45) is 5.92 Å². The van der Waals surface area contributed by atoms with Crippen molar-refractivity contribution < 1.29 is 9.59 Å². The van der Waals surface area contributed by atoms with E-state index in [9.17, 15) is 9.59 Å². The van der Waals surface area contributed by atoms with Gasteiger partial charge in [-0.3, -0.25) is 9.59 Å². The largest absolute Gasteiger partial charge is 0.344 e. The second-order valence-corrected chi connectivity index (χ2v) is 5.33. The van der Waals surface area contributed by atoms with Crippen LogP contribution >= 0.6 is 0 Å². The van der Waals surface area contributed by atoms with Gasteiger partial charge in [0.25, 0.3) is 0 Å². The molecule has 0 aromatic heterocycles. The molecular weight excluding hydrogens is 240 g/mol. The number of amides is 2. The molecule has 1 heterocycles. The summed E-state index contributed by atoms with van der Waals surface area (Å²) in [6, 6.07) is 9.20. The highest BCUT2D eigenvalue weighted by Crippen LogP contribution is 2.21. The lowest BCUT2D eigenvalue weighted by Gasteiger charge is -2.17. The highest BCUT2D eigenvalue weighted by Gasteiger charge is 2.33. The van der Waals surface area contributed by atoms with Gasteiger partial charge in [-0.1, -0.05) is 32.0 Å². The topological polar surface area (TPSA) is 49.4 Å². The third-order valence-electron chi connectivity index (χ3n) is 3.20. The summed E-state index contributed by atoms with van der Waals surface area (Å²) in [7, 11) is 0. The molecule has 4 nitrogen and oxygen atoms in total. The normalized spacial score (nSPS) is 19.0. The Labute approximate surface area is 113 Å². The molecule has 0 saturated carbocycles. The number of carbonyl (C=O) groups excluding carboxylic acids is 2. The van der Waals surface area contributed by atoms with Crippen LogP contribution in [0.1, 0.15) is 26.7 Å². The van der Waals surface area contributed by atoms with E-state index in [1.165, 1.54) is 0 Å². The SMILES string of the molecule is CC(C)CC(=O)NC1CCN(c2ccccc2)C1=O. The molecule has 1 unspecified atom stereocenters. The predicted molar refractivity (Wildman–Crippen MR) is 74.8 cm³/mol. The zero-order valence-electron chi connectivity index (χ0n) is 11.4. The lowest BCUT2D eigenvalue weighted by atomic mass is 10.1. The van der Waals surface area contributed by atoms with Crippen molar-refractivity contribution in [2.75, 3.05) is 11.4 Å². The first-order valence-electron chi connectivity index (χ1n) is 6.73. The van der Waals surface area contributed by atoms with Gasteiger partial charge in [0, 0.05) is 18.7 Å². The molecule has 1 aromatic carbocycles. The molecule has 1 aliphatic rings. The number of hydrogen-bond donors (Lipinski definition) is 1. The Balaban J connectivity index is 1.97. The van der Waals surface area contributed by atoms with Crippen LogP contribution in [0.3, 0.4) is 0 Å². The van der Waals surface area contributed by atoms with Crippen molar-refractivity contribution in [1.82, 2.24) is 5.32 Å². The second kappa shape index (κ2) is 5.87. The zero-order valence-corrected chi connectivity index (χ0v) is 11.4. The fraction of sp³-hybridized carbons (Fsp3) is 0.467. The van der Waals surface area contributed by atoms with E-state index in [2.05, 4.69) is 5.32 Å². The lowest BCUT2D eigenvalue weighted by molar-refractivity contribution is -0.126. The van der Waals surface area contributed by atoms with Crippen molar-refractivity contribution in [3.05, 3.63) is 30.3 Å². The molecule has 1 saturated heterocycles. The summed E-state index contributed by atoms with van der Waals surface area (Å²) >= 11 is 0. The minimum atomic E-state index is -0.369. The van der Waals surface area contributed by atoms with Gasteiger partial charge in [0.1, 0.15) is 6.04 Å². The van der Waals surface area contributed by atoms with E-state index in [0.717, 1.165) is 5.69 Å². The van der Waals surface area contributed by atoms with E-state index in [0.29, 0.717) is 25.3 Å². The highest BCUT2D eigenvalue weighted by molar-refractivity contribution is 6.01. The van der Waals surface area contributed by atoms with Gasteiger partial charge in [-0.25, -0.2) is 0 Å². The fourth-order valence-corrected chi connectivity index (χ4v) is 2.30. The van der Waals surface area contributed by atoms with Gasteiger partial charge < -0.3 is 10.2 Å². The Morgan fingerprint density at radius 3 is 2.68 bits per heavy atom. The quantitative estimate of drug-likeness (QED) is 0.899. The first kappa shape index (κ1) is 13.6. The van der Waals surface area contributed by atoms with Crippen LogP contribution in [0.4, 0.5) is 5.69 Å². The monoisotopic (exact) mass is 260 g/mol. The molecule has 0 aliphatic carbocycles.